The second-order valence-corrected chi connectivity index (χ2v) is 11.9. The first-order chi connectivity index (χ1) is 19.1. The summed E-state index contributed by atoms with van der Waals surface area (Å²) < 4.78 is 0. The maximum Gasteiger partial charge on any atom is 0.242 e. The van der Waals surface area contributed by atoms with Crippen LogP contribution in [-0.4, -0.2) is 61.3 Å². The van der Waals surface area contributed by atoms with Crippen molar-refractivity contribution in [1.82, 2.24) is 30.4 Å². The van der Waals surface area contributed by atoms with Crippen LogP contribution in [0, 0.1) is 19.3 Å². The molecule has 1 aliphatic carbocycles. The Kier molecular flexibility index (Phi) is 7.75. The van der Waals surface area contributed by atoms with Gasteiger partial charge in [-0.2, -0.15) is 5.10 Å². The number of benzene rings is 1. The molecule has 0 bridgehead atoms. The highest BCUT2D eigenvalue weighted by Gasteiger charge is 2.64. The van der Waals surface area contributed by atoms with Crippen LogP contribution < -0.4 is 5.32 Å². The average Bonchev–Trinajstić information content (AvgIpc) is 3.24. The number of piperidine rings is 1. The zero-order chi connectivity index (χ0) is 28.6. The highest BCUT2D eigenvalue weighted by molar-refractivity contribution is 6.09. The fraction of sp³-hybridized carbons (Fsp3) is 0.548. The predicted molar refractivity (Wildman–Crippen MR) is 154 cm³/mol. The molecule has 212 valence electrons. The molecule has 2 aliphatic rings. The number of Topliss-reactive ketones (excluding diaryl/α,β-unsaturated/α-hetero) is 1. The molecule has 1 aromatic carbocycles. The lowest BCUT2D eigenvalue weighted by Gasteiger charge is -2.27. The fourth-order valence-corrected chi connectivity index (χ4v) is 6.32. The number of likely N-dealkylation sites (tertiary alicyclic amines) is 1. The number of amides is 2. The number of ketones is 1. The molecule has 0 unspecified atom stereocenters. The molecule has 0 spiro atoms. The SMILES string of the molecule is CCCCCCCNC(=O)[C@@H]1C[C@@]2(C)C[C@H]2N1C(=O)Cc1c(-c2cnc(C)nc2)cc(C)c2n[nH]c(C(C)=O)c12. The largest absolute Gasteiger partial charge is 0.354 e. The second-order valence-electron chi connectivity index (χ2n) is 11.9. The van der Waals surface area contributed by atoms with E-state index < -0.39 is 6.04 Å². The molecule has 3 aromatic rings. The molecule has 2 fully saturated rings. The minimum absolute atomic E-state index is 0.0186. The molecule has 0 radical (unpaired) electrons. The lowest BCUT2D eigenvalue weighted by molar-refractivity contribution is -0.139. The first kappa shape index (κ1) is 27.9. The van der Waals surface area contributed by atoms with Gasteiger partial charge in [0.05, 0.1) is 11.9 Å². The third-order valence-electron chi connectivity index (χ3n) is 8.71. The van der Waals surface area contributed by atoms with Gasteiger partial charge in [0.15, 0.2) is 5.78 Å². The van der Waals surface area contributed by atoms with E-state index in [1.165, 1.54) is 26.2 Å². The molecule has 9 heteroatoms. The van der Waals surface area contributed by atoms with E-state index in [4.69, 9.17) is 0 Å². The van der Waals surface area contributed by atoms with Crippen molar-refractivity contribution in [3.63, 3.8) is 0 Å². The Bertz CT molecular complexity index is 1450. The van der Waals surface area contributed by atoms with Gasteiger partial charge in [0, 0.05) is 42.9 Å². The van der Waals surface area contributed by atoms with Crippen LogP contribution >= 0.6 is 0 Å². The molecule has 9 nitrogen and oxygen atoms in total. The normalized spacial score (nSPS) is 21.5. The summed E-state index contributed by atoms with van der Waals surface area (Å²) in [4.78, 5) is 50.6. The van der Waals surface area contributed by atoms with Crippen LogP contribution in [0.2, 0.25) is 0 Å². The van der Waals surface area contributed by atoms with E-state index in [1.807, 2.05) is 24.8 Å². The van der Waals surface area contributed by atoms with Crippen molar-refractivity contribution in [2.24, 2.45) is 5.41 Å². The van der Waals surface area contributed by atoms with Crippen LogP contribution in [0.1, 0.15) is 93.2 Å². The van der Waals surface area contributed by atoms with E-state index in [1.54, 1.807) is 12.4 Å². The zero-order valence-electron chi connectivity index (χ0n) is 24.3. The summed E-state index contributed by atoms with van der Waals surface area (Å²) in [7, 11) is 0. The monoisotopic (exact) mass is 544 g/mol. The summed E-state index contributed by atoms with van der Waals surface area (Å²) in [5.41, 5.74) is 4.19. The number of aromatic amines is 1. The Morgan fingerprint density at radius 1 is 1.10 bits per heavy atom. The van der Waals surface area contributed by atoms with E-state index in [0.717, 1.165) is 36.0 Å². The molecule has 5 rings (SSSR count). The molecule has 1 aliphatic heterocycles. The van der Waals surface area contributed by atoms with Gasteiger partial charge in [-0.05, 0) is 61.3 Å². The Morgan fingerprint density at radius 2 is 1.82 bits per heavy atom. The number of nitrogens with zero attached hydrogens (tertiary/aromatic N) is 4. The number of H-pyrrole nitrogens is 1. The predicted octanol–water partition coefficient (Wildman–Crippen LogP) is 4.85. The van der Waals surface area contributed by atoms with Crippen molar-refractivity contribution >= 4 is 28.5 Å². The Balaban J connectivity index is 1.46. The van der Waals surface area contributed by atoms with Gasteiger partial charge in [0.2, 0.25) is 11.8 Å². The number of unbranched alkanes of at least 4 members (excludes halogenated alkanes) is 4. The van der Waals surface area contributed by atoms with Crippen LogP contribution in [0.3, 0.4) is 0 Å². The van der Waals surface area contributed by atoms with E-state index in [-0.39, 0.29) is 35.5 Å². The van der Waals surface area contributed by atoms with Crippen molar-refractivity contribution in [2.45, 2.75) is 98.1 Å². The molecule has 2 aromatic heterocycles. The number of rotatable bonds is 11. The molecule has 1 saturated heterocycles. The minimum Gasteiger partial charge on any atom is -0.354 e. The number of carbonyl (C=O) groups is 3. The maximum absolute atomic E-state index is 14.1. The van der Waals surface area contributed by atoms with Crippen molar-refractivity contribution in [1.29, 1.82) is 0 Å². The van der Waals surface area contributed by atoms with E-state index in [2.05, 4.69) is 39.3 Å². The van der Waals surface area contributed by atoms with Gasteiger partial charge in [-0.1, -0.05) is 39.5 Å². The molecule has 3 heterocycles. The number of hydrogen-bond donors (Lipinski definition) is 2. The molecule has 40 heavy (non-hydrogen) atoms. The quantitative estimate of drug-likeness (QED) is 0.263. The summed E-state index contributed by atoms with van der Waals surface area (Å²) in [5.74, 6) is 0.326. The van der Waals surface area contributed by atoms with Crippen LogP contribution in [0.4, 0.5) is 0 Å². The molecular weight excluding hydrogens is 504 g/mol. The molecule has 1 saturated carbocycles. The number of nitrogens with one attached hydrogen (secondary N) is 2. The van der Waals surface area contributed by atoms with E-state index >= 15 is 0 Å². The molecule has 2 N–H and O–H groups in total. The average molecular weight is 545 g/mol. The van der Waals surface area contributed by atoms with Crippen LogP contribution in [-0.2, 0) is 16.0 Å². The number of aromatic nitrogens is 4. The number of aryl methyl sites for hydroxylation is 2. The zero-order valence-corrected chi connectivity index (χ0v) is 24.3. The number of hydrogen-bond acceptors (Lipinski definition) is 6. The standard InChI is InChI=1S/C31H40N6O3/c1-6-7-8-9-10-11-32-30(40)24-14-31(5)15-25(31)37(24)26(39)13-23-22(21-16-33-20(4)34-17-21)12-18(2)28-27(23)29(19(3)38)36-35-28/h12,16-17,24-25H,6-11,13-15H2,1-5H3,(H,32,40)(H,35,36)/t24-,25+,31-/m0/s1. The minimum atomic E-state index is -0.476. The topological polar surface area (TPSA) is 121 Å². The Morgan fingerprint density at radius 3 is 2.52 bits per heavy atom. The van der Waals surface area contributed by atoms with Crippen LogP contribution in [0.25, 0.3) is 22.0 Å². The highest BCUT2D eigenvalue weighted by Crippen LogP contribution is 2.59. The van der Waals surface area contributed by atoms with Gasteiger partial charge in [-0.3, -0.25) is 19.5 Å². The summed E-state index contributed by atoms with van der Waals surface area (Å²) in [6.45, 7) is 10.2. The van der Waals surface area contributed by atoms with Gasteiger partial charge in [-0.15, -0.1) is 0 Å². The summed E-state index contributed by atoms with van der Waals surface area (Å²) in [5, 5.41) is 11.1. The lowest BCUT2D eigenvalue weighted by atomic mass is 9.91. The number of carbonyl (C=O) groups excluding carboxylic acids is 3. The van der Waals surface area contributed by atoms with Gasteiger partial charge in [0.1, 0.15) is 17.6 Å². The summed E-state index contributed by atoms with van der Waals surface area (Å²) >= 11 is 0. The maximum atomic E-state index is 14.1. The van der Waals surface area contributed by atoms with Crippen LogP contribution in [0.15, 0.2) is 18.5 Å². The molecule has 3 atom stereocenters. The van der Waals surface area contributed by atoms with E-state index in [9.17, 15) is 14.4 Å². The van der Waals surface area contributed by atoms with E-state index in [0.29, 0.717) is 41.0 Å². The van der Waals surface area contributed by atoms with Crippen molar-refractivity contribution < 1.29 is 14.4 Å². The van der Waals surface area contributed by atoms with Crippen molar-refractivity contribution in [3.05, 3.63) is 41.1 Å². The second kappa shape index (κ2) is 11.1. The summed E-state index contributed by atoms with van der Waals surface area (Å²) in [6.07, 6.45) is 10.7. The third kappa shape index (κ3) is 5.25. The Labute approximate surface area is 235 Å². The smallest absolute Gasteiger partial charge is 0.242 e. The van der Waals surface area contributed by atoms with Crippen LogP contribution in [0.5, 0.6) is 0 Å². The van der Waals surface area contributed by atoms with Gasteiger partial charge in [-0.25, -0.2) is 9.97 Å². The molecule has 2 amide bonds. The number of fused-ring (bicyclic) bond motifs is 2. The lowest BCUT2D eigenvalue weighted by Crippen LogP contribution is -2.48. The molecular formula is C31H40N6O3. The summed E-state index contributed by atoms with van der Waals surface area (Å²) in [6, 6.07) is 1.57. The van der Waals surface area contributed by atoms with Gasteiger partial charge >= 0.3 is 0 Å². The highest BCUT2D eigenvalue weighted by atomic mass is 16.2. The van der Waals surface area contributed by atoms with Gasteiger partial charge < -0.3 is 10.2 Å². The van der Waals surface area contributed by atoms with Crippen molar-refractivity contribution in [2.75, 3.05) is 6.54 Å². The third-order valence-corrected chi connectivity index (χ3v) is 8.71. The Hall–Kier alpha value is -3.62. The fourth-order valence-electron chi connectivity index (χ4n) is 6.32. The van der Waals surface area contributed by atoms with Crippen molar-refractivity contribution in [3.8, 4) is 11.1 Å². The first-order valence-corrected chi connectivity index (χ1v) is 14.5. The van der Waals surface area contributed by atoms with Gasteiger partial charge in [0.25, 0.3) is 0 Å². The first-order valence-electron chi connectivity index (χ1n) is 14.5.